The van der Waals surface area contributed by atoms with Crippen LogP contribution in [0.25, 0.3) is 0 Å². The maximum Gasteiger partial charge on any atom is 0.357 e. The van der Waals surface area contributed by atoms with Gasteiger partial charge in [0.1, 0.15) is 5.82 Å². The molecular formula is C12H8FI2+. The average molecular weight is 425 g/mol. The van der Waals surface area contributed by atoms with E-state index in [1.165, 1.54) is 22.8 Å². The molecule has 0 amide bonds. The Morgan fingerprint density at radius 1 is 0.800 bits per heavy atom. The van der Waals surface area contributed by atoms with E-state index in [0.29, 0.717) is 0 Å². The first-order valence-corrected chi connectivity index (χ1v) is 7.63. The molecule has 0 saturated carbocycles. The van der Waals surface area contributed by atoms with Crippen molar-refractivity contribution in [3.05, 3.63) is 65.1 Å². The molecule has 0 spiro atoms. The lowest BCUT2D eigenvalue weighted by atomic mass is 10.4. The highest BCUT2D eigenvalue weighted by atomic mass is 127. The van der Waals surface area contributed by atoms with Crippen LogP contribution < -0.4 is 21.2 Å². The highest BCUT2D eigenvalue weighted by Crippen LogP contribution is 2.00. The Balaban J connectivity index is 2.15. The molecule has 2 rings (SSSR count). The fourth-order valence-corrected chi connectivity index (χ4v) is 3.63. The van der Waals surface area contributed by atoms with Gasteiger partial charge in [-0.1, -0.05) is 0 Å². The highest BCUT2D eigenvalue weighted by Gasteiger charge is 2.14. The molecular weight excluding hydrogens is 417 g/mol. The molecule has 0 aliphatic carbocycles. The summed E-state index contributed by atoms with van der Waals surface area (Å²) in [6.07, 6.45) is 0. The van der Waals surface area contributed by atoms with Crippen LogP contribution in [0.5, 0.6) is 0 Å². The molecule has 0 fully saturated rings. The van der Waals surface area contributed by atoms with Gasteiger partial charge in [0.2, 0.25) is 0 Å². The second kappa shape index (κ2) is 5.25. The van der Waals surface area contributed by atoms with Crippen LogP contribution in [-0.4, -0.2) is 0 Å². The standard InChI is InChI=1S/C12H8FI2/c13-9-1-5-11(6-2-9)15-12-7-3-10(14)4-8-12/h1-8H/q+1. The first-order chi connectivity index (χ1) is 7.24. The van der Waals surface area contributed by atoms with E-state index in [1.807, 2.05) is 12.1 Å². The van der Waals surface area contributed by atoms with E-state index in [4.69, 9.17) is 0 Å². The minimum Gasteiger partial charge on any atom is -0.207 e. The third-order valence-electron chi connectivity index (χ3n) is 1.83. The largest absolute Gasteiger partial charge is 0.357 e. The van der Waals surface area contributed by atoms with E-state index in [2.05, 4.69) is 46.9 Å². The van der Waals surface area contributed by atoms with Gasteiger partial charge in [-0.05, 0) is 71.1 Å². The van der Waals surface area contributed by atoms with E-state index < -0.39 is 0 Å². The minimum absolute atomic E-state index is 0.162. The molecule has 0 heterocycles. The molecule has 15 heavy (non-hydrogen) atoms. The SMILES string of the molecule is Fc1ccc([I+]c2ccc(I)cc2)cc1. The molecule has 76 valence electrons. The van der Waals surface area contributed by atoms with Crippen molar-refractivity contribution in [1.82, 2.24) is 0 Å². The zero-order chi connectivity index (χ0) is 10.7. The van der Waals surface area contributed by atoms with E-state index in [9.17, 15) is 4.39 Å². The summed E-state index contributed by atoms with van der Waals surface area (Å²) in [6.45, 7) is 0. The summed E-state index contributed by atoms with van der Waals surface area (Å²) in [5, 5.41) is 0. The zero-order valence-corrected chi connectivity index (χ0v) is 12.1. The maximum atomic E-state index is 12.7. The number of hydrogen-bond donors (Lipinski definition) is 0. The van der Waals surface area contributed by atoms with Crippen LogP contribution in [0, 0.1) is 16.5 Å². The van der Waals surface area contributed by atoms with Crippen LogP contribution in [0.2, 0.25) is 0 Å². The fourth-order valence-electron chi connectivity index (χ4n) is 1.11. The van der Waals surface area contributed by atoms with Crippen LogP contribution >= 0.6 is 22.6 Å². The van der Waals surface area contributed by atoms with Crippen LogP contribution in [-0.2, 0) is 0 Å². The summed E-state index contributed by atoms with van der Waals surface area (Å²) in [4.78, 5) is 0. The normalized spacial score (nSPS) is 10.3. The monoisotopic (exact) mass is 425 g/mol. The summed E-state index contributed by atoms with van der Waals surface area (Å²) in [6, 6.07) is 15.3. The van der Waals surface area contributed by atoms with Crippen molar-refractivity contribution in [1.29, 1.82) is 0 Å². The van der Waals surface area contributed by atoms with Gasteiger partial charge in [0, 0.05) is 3.57 Å². The van der Waals surface area contributed by atoms with Crippen molar-refractivity contribution in [3.63, 3.8) is 0 Å². The van der Waals surface area contributed by atoms with Gasteiger partial charge in [-0.15, -0.1) is 0 Å². The summed E-state index contributed by atoms with van der Waals surface area (Å²) in [5.41, 5.74) is 0. The number of rotatable bonds is 2. The smallest absolute Gasteiger partial charge is 0.207 e. The van der Waals surface area contributed by atoms with E-state index in [0.717, 1.165) is 0 Å². The highest BCUT2D eigenvalue weighted by molar-refractivity contribution is 14.1. The molecule has 0 aromatic heterocycles. The van der Waals surface area contributed by atoms with Gasteiger partial charge in [0.05, 0.1) is 0 Å². The van der Waals surface area contributed by atoms with E-state index in [1.54, 1.807) is 0 Å². The molecule has 0 N–H and O–H groups in total. The lowest BCUT2D eigenvalue weighted by molar-refractivity contribution is -0.597. The van der Waals surface area contributed by atoms with Crippen molar-refractivity contribution < 1.29 is 25.6 Å². The lowest BCUT2D eigenvalue weighted by Gasteiger charge is -1.88. The van der Waals surface area contributed by atoms with Gasteiger partial charge >= 0.3 is 21.2 Å². The molecule has 2 aromatic carbocycles. The first kappa shape index (κ1) is 11.3. The molecule has 0 nitrogen and oxygen atoms in total. The first-order valence-electron chi connectivity index (χ1n) is 4.40. The van der Waals surface area contributed by atoms with Gasteiger partial charge in [-0.2, -0.15) is 0 Å². The van der Waals surface area contributed by atoms with Crippen molar-refractivity contribution in [2.24, 2.45) is 0 Å². The molecule has 0 saturated heterocycles. The fraction of sp³-hybridized carbons (Fsp3) is 0. The van der Waals surface area contributed by atoms with Crippen LogP contribution in [0.15, 0.2) is 48.5 Å². The van der Waals surface area contributed by atoms with Crippen LogP contribution in [0.1, 0.15) is 0 Å². The van der Waals surface area contributed by atoms with Gasteiger partial charge in [0.25, 0.3) is 0 Å². The lowest BCUT2D eigenvalue weighted by Crippen LogP contribution is -3.61. The molecule has 0 bridgehead atoms. The van der Waals surface area contributed by atoms with Crippen molar-refractivity contribution >= 4 is 22.6 Å². The molecule has 3 heteroatoms. The van der Waals surface area contributed by atoms with Crippen molar-refractivity contribution in [2.45, 2.75) is 0 Å². The average Bonchev–Trinajstić information content (AvgIpc) is 2.25. The van der Waals surface area contributed by atoms with Crippen LogP contribution in [0.4, 0.5) is 4.39 Å². The summed E-state index contributed by atoms with van der Waals surface area (Å²) < 4.78 is 16.5. The Morgan fingerprint density at radius 2 is 1.27 bits per heavy atom. The molecule has 2 aromatic rings. The van der Waals surface area contributed by atoms with Gasteiger partial charge < -0.3 is 0 Å². The Morgan fingerprint density at radius 3 is 1.80 bits per heavy atom. The topological polar surface area (TPSA) is 0 Å². The molecule has 0 aliphatic heterocycles. The molecule has 0 unspecified atom stereocenters. The van der Waals surface area contributed by atoms with E-state index in [-0.39, 0.29) is 27.0 Å². The minimum atomic E-state index is -0.167. The molecule has 0 radical (unpaired) electrons. The summed E-state index contributed by atoms with van der Waals surface area (Å²) in [5.74, 6) is -0.162. The molecule has 0 aliphatic rings. The number of hydrogen-bond acceptors (Lipinski definition) is 0. The van der Waals surface area contributed by atoms with Crippen LogP contribution in [0.3, 0.4) is 0 Å². The van der Waals surface area contributed by atoms with E-state index >= 15 is 0 Å². The number of benzene rings is 2. The quantitative estimate of drug-likeness (QED) is 0.618. The van der Waals surface area contributed by atoms with Gasteiger partial charge in [0.15, 0.2) is 7.14 Å². The summed E-state index contributed by atoms with van der Waals surface area (Å²) >= 11 is 2.13. The Bertz CT molecular complexity index is 391. The Hall–Kier alpha value is -0.170. The third kappa shape index (κ3) is 3.41. The zero-order valence-electron chi connectivity index (χ0n) is 7.75. The van der Waals surface area contributed by atoms with Crippen molar-refractivity contribution in [3.8, 4) is 0 Å². The summed E-state index contributed by atoms with van der Waals surface area (Å²) in [7, 11) is 0. The third-order valence-corrected chi connectivity index (χ3v) is 5.23. The van der Waals surface area contributed by atoms with Crippen molar-refractivity contribution in [2.75, 3.05) is 0 Å². The Kier molecular flexibility index (Phi) is 3.96. The second-order valence-electron chi connectivity index (χ2n) is 2.97. The van der Waals surface area contributed by atoms with Gasteiger partial charge in [-0.3, -0.25) is 0 Å². The second-order valence-corrected chi connectivity index (χ2v) is 7.24. The predicted octanol–water partition coefficient (Wildman–Crippen LogP) is 0.559. The molecule has 0 atom stereocenters. The number of halogens is 3. The van der Waals surface area contributed by atoms with Gasteiger partial charge in [-0.25, -0.2) is 4.39 Å². The maximum absolute atomic E-state index is 12.7. The predicted molar refractivity (Wildman–Crippen MR) is 63.0 cm³/mol. The Labute approximate surface area is 112 Å².